The van der Waals surface area contributed by atoms with Crippen LogP contribution in [0.2, 0.25) is 0 Å². The molecule has 0 rings (SSSR count). The molecule has 0 aromatic rings. The van der Waals surface area contributed by atoms with E-state index in [0.29, 0.717) is 6.42 Å². The number of rotatable bonds is 7. The summed E-state index contributed by atoms with van der Waals surface area (Å²) in [5.41, 5.74) is 0. The Morgan fingerprint density at radius 3 is 2.31 bits per heavy atom. The SMILES string of the molecule is CCCCCS(=O)CC(C(=O)O)C(F)(F)F. The van der Waals surface area contributed by atoms with Gasteiger partial charge in [-0.15, -0.1) is 0 Å². The number of hydrogen-bond acceptors (Lipinski definition) is 2. The quantitative estimate of drug-likeness (QED) is 0.714. The molecule has 1 N–H and O–H groups in total. The molecule has 0 saturated carbocycles. The van der Waals surface area contributed by atoms with E-state index in [1.807, 2.05) is 6.92 Å². The van der Waals surface area contributed by atoms with E-state index in [1.54, 1.807) is 0 Å². The molecule has 0 aliphatic rings. The van der Waals surface area contributed by atoms with E-state index in [0.717, 1.165) is 12.8 Å². The molecular weight excluding hydrogens is 245 g/mol. The second-order valence-corrected chi connectivity index (χ2v) is 5.07. The van der Waals surface area contributed by atoms with Gasteiger partial charge in [0.1, 0.15) is 0 Å². The number of carboxylic acid groups (broad SMARTS) is 1. The predicted molar refractivity (Wildman–Crippen MR) is 54.6 cm³/mol. The van der Waals surface area contributed by atoms with Crippen LogP contribution < -0.4 is 0 Å². The fourth-order valence-corrected chi connectivity index (χ4v) is 2.48. The Labute approximate surface area is 94.5 Å². The number of aliphatic carboxylic acids is 1. The number of alkyl halides is 3. The average Bonchev–Trinajstić information content (AvgIpc) is 2.12. The van der Waals surface area contributed by atoms with Crippen LogP contribution in [-0.4, -0.2) is 33.0 Å². The molecule has 16 heavy (non-hydrogen) atoms. The summed E-state index contributed by atoms with van der Waals surface area (Å²) in [6.07, 6.45) is -2.60. The first-order valence-electron chi connectivity index (χ1n) is 4.93. The smallest absolute Gasteiger partial charge is 0.403 e. The van der Waals surface area contributed by atoms with Gasteiger partial charge in [-0.1, -0.05) is 19.8 Å². The fraction of sp³-hybridized carbons (Fsp3) is 0.889. The molecule has 0 amide bonds. The van der Waals surface area contributed by atoms with E-state index in [2.05, 4.69) is 0 Å². The van der Waals surface area contributed by atoms with Crippen LogP contribution >= 0.6 is 0 Å². The lowest BCUT2D eigenvalue weighted by Crippen LogP contribution is -2.35. The molecule has 0 aliphatic carbocycles. The van der Waals surface area contributed by atoms with Crippen molar-refractivity contribution < 1.29 is 27.3 Å². The van der Waals surface area contributed by atoms with E-state index in [9.17, 15) is 22.2 Å². The lowest BCUT2D eigenvalue weighted by molar-refractivity contribution is -0.188. The van der Waals surface area contributed by atoms with Gasteiger partial charge in [-0.25, -0.2) is 0 Å². The molecule has 0 radical (unpaired) electrons. The monoisotopic (exact) mass is 260 g/mol. The minimum Gasteiger partial charge on any atom is -0.481 e. The first-order chi connectivity index (χ1) is 7.29. The van der Waals surface area contributed by atoms with E-state index in [1.165, 1.54) is 0 Å². The highest BCUT2D eigenvalue weighted by molar-refractivity contribution is 7.85. The summed E-state index contributed by atoms with van der Waals surface area (Å²) >= 11 is 0. The van der Waals surface area contributed by atoms with Crippen molar-refractivity contribution in [3.05, 3.63) is 0 Å². The van der Waals surface area contributed by atoms with E-state index >= 15 is 0 Å². The van der Waals surface area contributed by atoms with Crippen molar-refractivity contribution in [3.63, 3.8) is 0 Å². The third-order valence-electron chi connectivity index (χ3n) is 2.02. The lowest BCUT2D eigenvalue weighted by Gasteiger charge is -2.15. The molecule has 2 atom stereocenters. The zero-order valence-corrected chi connectivity index (χ0v) is 9.74. The van der Waals surface area contributed by atoms with E-state index in [-0.39, 0.29) is 5.75 Å². The number of hydrogen-bond donors (Lipinski definition) is 1. The van der Waals surface area contributed by atoms with Crippen molar-refractivity contribution in [2.45, 2.75) is 32.4 Å². The summed E-state index contributed by atoms with van der Waals surface area (Å²) in [5, 5.41) is 8.37. The Hall–Kier alpha value is -0.590. The summed E-state index contributed by atoms with van der Waals surface area (Å²) in [6.45, 7) is 1.92. The highest BCUT2D eigenvalue weighted by atomic mass is 32.2. The Morgan fingerprint density at radius 1 is 1.38 bits per heavy atom. The summed E-state index contributed by atoms with van der Waals surface area (Å²) in [4.78, 5) is 10.4. The van der Waals surface area contributed by atoms with Gasteiger partial charge < -0.3 is 5.11 Å². The average molecular weight is 260 g/mol. The first-order valence-corrected chi connectivity index (χ1v) is 6.42. The topological polar surface area (TPSA) is 54.4 Å². The van der Waals surface area contributed by atoms with Crippen LogP contribution in [0.15, 0.2) is 0 Å². The highest BCUT2D eigenvalue weighted by Crippen LogP contribution is 2.27. The van der Waals surface area contributed by atoms with Crippen LogP contribution in [0.5, 0.6) is 0 Å². The van der Waals surface area contributed by atoms with E-state index in [4.69, 9.17) is 5.11 Å². The van der Waals surface area contributed by atoms with Gasteiger partial charge in [0.2, 0.25) is 0 Å². The molecule has 0 aromatic heterocycles. The maximum atomic E-state index is 12.2. The van der Waals surface area contributed by atoms with Crippen molar-refractivity contribution in [2.75, 3.05) is 11.5 Å². The van der Waals surface area contributed by atoms with Gasteiger partial charge in [0.25, 0.3) is 0 Å². The molecule has 0 aromatic carbocycles. The highest BCUT2D eigenvalue weighted by Gasteiger charge is 2.45. The van der Waals surface area contributed by atoms with Crippen LogP contribution in [0.4, 0.5) is 13.2 Å². The molecule has 2 unspecified atom stereocenters. The van der Waals surface area contributed by atoms with Gasteiger partial charge in [-0.2, -0.15) is 13.2 Å². The van der Waals surface area contributed by atoms with Crippen molar-refractivity contribution in [3.8, 4) is 0 Å². The molecule has 0 aliphatic heterocycles. The standard InChI is InChI=1S/C9H15F3O3S/c1-2-3-4-5-16(15)6-7(8(13)14)9(10,11)12/h7H,2-6H2,1H3,(H,13,14). The summed E-state index contributed by atoms with van der Waals surface area (Å²) in [6, 6.07) is 0. The number of carboxylic acids is 1. The van der Waals surface area contributed by atoms with Crippen molar-refractivity contribution >= 4 is 16.8 Å². The maximum Gasteiger partial charge on any atom is 0.403 e. The molecule has 0 bridgehead atoms. The molecule has 0 heterocycles. The predicted octanol–water partition coefficient (Wildman–Crippen LogP) is 2.19. The maximum absolute atomic E-state index is 12.2. The molecule has 96 valence electrons. The van der Waals surface area contributed by atoms with Crippen LogP contribution in [0.1, 0.15) is 26.2 Å². The first kappa shape index (κ1) is 15.4. The number of halogens is 3. The van der Waals surface area contributed by atoms with Gasteiger partial charge in [-0.3, -0.25) is 9.00 Å². The third-order valence-corrected chi connectivity index (χ3v) is 3.47. The van der Waals surface area contributed by atoms with Gasteiger partial charge in [0, 0.05) is 22.3 Å². The van der Waals surface area contributed by atoms with Crippen LogP contribution in [0.25, 0.3) is 0 Å². The Morgan fingerprint density at radius 2 is 1.94 bits per heavy atom. The molecule has 0 saturated heterocycles. The van der Waals surface area contributed by atoms with Crippen LogP contribution in [0.3, 0.4) is 0 Å². The van der Waals surface area contributed by atoms with E-state index < -0.39 is 34.6 Å². The summed E-state index contributed by atoms with van der Waals surface area (Å²) < 4.78 is 47.8. The third kappa shape index (κ3) is 6.09. The minimum atomic E-state index is -4.83. The zero-order valence-electron chi connectivity index (χ0n) is 8.92. The number of carbonyl (C=O) groups is 1. The van der Waals surface area contributed by atoms with Gasteiger partial charge in [0.05, 0.1) is 0 Å². The minimum absolute atomic E-state index is 0.133. The molecular formula is C9H15F3O3S. The number of unbranched alkanes of at least 4 members (excludes halogenated alkanes) is 2. The van der Waals surface area contributed by atoms with Crippen molar-refractivity contribution in [2.24, 2.45) is 5.92 Å². The van der Waals surface area contributed by atoms with Crippen LogP contribution in [-0.2, 0) is 15.6 Å². The Balaban J connectivity index is 4.21. The van der Waals surface area contributed by atoms with Crippen molar-refractivity contribution in [1.29, 1.82) is 0 Å². The Kier molecular flexibility index (Phi) is 6.62. The van der Waals surface area contributed by atoms with Gasteiger partial charge >= 0.3 is 12.1 Å². The second-order valence-electron chi connectivity index (χ2n) is 3.45. The zero-order chi connectivity index (χ0) is 12.8. The largest absolute Gasteiger partial charge is 0.481 e. The van der Waals surface area contributed by atoms with Gasteiger partial charge in [0.15, 0.2) is 5.92 Å². The van der Waals surface area contributed by atoms with Gasteiger partial charge in [-0.05, 0) is 6.42 Å². The Bertz CT molecular complexity index is 253. The lowest BCUT2D eigenvalue weighted by atomic mass is 10.2. The van der Waals surface area contributed by atoms with Crippen molar-refractivity contribution in [1.82, 2.24) is 0 Å². The van der Waals surface area contributed by atoms with Crippen LogP contribution in [0, 0.1) is 5.92 Å². The fourth-order valence-electron chi connectivity index (χ4n) is 1.09. The molecule has 0 fully saturated rings. The molecule has 7 heteroatoms. The summed E-state index contributed by atoms with van der Waals surface area (Å²) in [7, 11) is -1.72. The second kappa shape index (κ2) is 6.88. The summed E-state index contributed by atoms with van der Waals surface area (Å²) in [5.74, 6) is -5.19. The molecule has 3 nitrogen and oxygen atoms in total. The normalized spacial score (nSPS) is 15.8. The molecule has 0 spiro atoms.